The van der Waals surface area contributed by atoms with Gasteiger partial charge < -0.3 is 4.43 Å². The summed E-state index contributed by atoms with van der Waals surface area (Å²) in [5.41, 5.74) is 1.14. The van der Waals surface area contributed by atoms with Gasteiger partial charge in [0.15, 0.2) is 0 Å². The zero-order valence-corrected chi connectivity index (χ0v) is 24.3. The highest BCUT2D eigenvalue weighted by atomic mass is 28.4. The maximum atomic E-state index is 12.8. The van der Waals surface area contributed by atoms with E-state index in [9.17, 15) is 4.79 Å². The molecule has 8 atom stereocenters. The number of carbonyl (C=O) groups excluding carboxylic acids is 1. The molecule has 0 aromatic carbocycles. The van der Waals surface area contributed by atoms with Crippen molar-refractivity contribution in [2.24, 2.45) is 46.3 Å². The number of carbonyl (C=O) groups is 1. The van der Waals surface area contributed by atoms with E-state index >= 15 is 0 Å². The van der Waals surface area contributed by atoms with Crippen molar-refractivity contribution in [3.8, 4) is 0 Å². The first-order valence-electron chi connectivity index (χ1n) is 14.5. The number of fused-ring (bicyclic) bond motifs is 5. The van der Waals surface area contributed by atoms with Crippen LogP contribution < -0.4 is 0 Å². The highest BCUT2D eigenvalue weighted by molar-refractivity contribution is 6.75. The fraction of sp³-hybridized carbons (Fsp3) is 0.967. The fourth-order valence-electron chi connectivity index (χ4n) is 9.31. The summed E-state index contributed by atoms with van der Waals surface area (Å²) >= 11 is 0. The Hall–Kier alpha value is -0.313. The van der Waals surface area contributed by atoms with Crippen molar-refractivity contribution in [1.29, 1.82) is 0 Å². The minimum atomic E-state index is -2.00. The minimum absolute atomic E-state index is 0.0559. The zero-order valence-electron chi connectivity index (χ0n) is 23.3. The molecule has 0 unspecified atom stereocenters. The van der Waals surface area contributed by atoms with E-state index in [1.165, 1.54) is 64.2 Å². The molecule has 190 valence electrons. The van der Waals surface area contributed by atoms with Gasteiger partial charge in [-0.15, -0.1) is 0 Å². The van der Waals surface area contributed by atoms with E-state index in [-0.39, 0.29) is 11.0 Å². The third-order valence-corrected chi connectivity index (χ3v) is 16.7. The molecule has 4 rings (SSSR count). The Morgan fingerprint density at radius 1 is 0.939 bits per heavy atom. The average Bonchev–Trinajstić information content (AvgIpc) is 3.07. The van der Waals surface area contributed by atoms with Gasteiger partial charge in [0.2, 0.25) is 0 Å². The summed E-state index contributed by atoms with van der Waals surface area (Å²) in [6.07, 6.45) is 16.3. The van der Waals surface area contributed by atoms with Crippen molar-refractivity contribution in [3.05, 3.63) is 0 Å². The summed E-state index contributed by atoms with van der Waals surface area (Å²) < 4.78 is 6.08. The lowest BCUT2D eigenvalue weighted by Gasteiger charge is -2.61. The molecule has 4 aliphatic carbocycles. The van der Waals surface area contributed by atoms with Crippen LogP contribution in [0, 0.1) is 46.3 Å². The maximum Gasteiger partial charge on any atom is 0.292 e. The molecule has 33 heavy (non-hydrogen) atoms. The summed E-state index contributed by atoms with van der Waals surface area (Å²) in [5, 5.41) is 0.0903. The summed E-state index contributed by atoms with van der Waals surface area (Å²) in [7, 11) is -2.00. The standard InChI is InChI=1S/C30H54O2Si/c1-21(12-17-27(31)32-33(7,8)28(2,3)4)24-15-16-25-23-14-13-22-11-9-10-19-29(22,5)26(23)18-20-30(24,25)6/h21-26H,9-20H2,1-8H3/t21-,22+,23+,24-,25+,26+,29+,30-/m1/s1. The normalized spacial score (nSPS) is 42.1. The fourth-order valence-corrected chi connectivity index (χ4v) is 10.3. The second-order valence-electron chi connectivity index (χ2n) is 14.9. The van der Waals surface area contributed by atoms with Crippen molar-refractivity contribution in [2.45, 2.75) is 137 Å². The van der Waals surface area contributed by atoms with Crippen LogP contribution in [0.25, 0.3) is 0 Å². The van der Waals surface area contributed by atoms with Crippen LogP contribution in [-0.4, -0.2) is 14.3 Å². The third-order valence-electron chi connectivity index (χ3n) is 12.3. The van der Waals surface area contributed by atoms with Gasteiger partial charge in [-0.2, -0.15) is 0 Å². The molecule has 0 aliphatic heterocycles. The van der Waals surface area contributed by atoms with Crippen LogP contribution in [0.15, 0.2) is 0 Å². The second-order valence-corrected chi connectivity index (χ2v) is 19.6. The summed E-state index contributed by atoms with van der Waals surface area (Å²) in [5.74, 6) is 5.39. The molecule has 3 heteroatoms. The molecule has 0 aromatic heterocycles. The largest absolute Gasteiger partial charge is 0.519 e. The summed E-state index contributed by atoms with van der Waals surface area (Å²) in [6, 6.07) is 0. The maximum absolute atomic E-state index is 12.8. The first-order valence-corrected chi connectivity index (χ1v) is 17.4. The average molecular weight is 475 g/mol. The Kier molecular flexibility index (Phi) is 7.00. The lowest BCUT2D eigenvalue weighted by atomic mass is 9.44. The van der Waals surface area contributed by atoms with Crippen LogP contribution in [0.2, 0.25) is 18.1 Å². The third kappa shape index (κ3) is 4.51. The molecule has 4 aliphatic rings. The lowest BCUT2D eigenvalue weighted by molar-refractivity contribution is -0.136. The number of rotatable bonds is 5. The van der Waals surface area contributed by atoms with Crippen LogP contribution in [0.4, 0.5) is 0 Å². The van der Waals surface area contributed by atoms with E-state index in [0.29, 0.717) is 23.2 Å². The zero-order chi connectivity index (χ0) is 24.2. The predicted octanol–water partition coefficient (Wildman–Crippen LogP) is 9.00. The highest BCUT2D eigenvalue weighted by Crippen LogP contribution is 2.68. The predicted molar refractivity (Wildman–Crippen MR) is 142 cm³/mol. The van der Waals surface area contributed by atoms with E-state index < -0.39 is 8.32 Å². The Morgan fingerprint density at radius 3 is 2.33 bits per heavy atom. The van der Waals surface area contributed by atoms with Gasteiger partial charge in [-0.25, -0.2) is 0 Å². The van der Waals surface area contributed by atoms with Gasteiger partial charge in [-0.05, 0) is 122 Å². The Bertz CT molecular complexity index is 723. The molecule has 0 heterocycles. The molecular weight excluding hydrogens is 420 g/mol. The molecule has 4 fully saturated rings. The molecule has 0 aromatic rings. The van der Waals surface area contributed by atoms with Crippen molar-refractivity contribution >= 4 is 14.3 Å². The van der Waals surface area contributed by atoms with Gasteiger partial charge in [0.1, 0.15) is 0 Å². The van der Waals surface area contributed by atoms with Gasteiger partial charge in [-0.1, -0.05) is 54.4 Å². The Labute approximate surface area is 206 Å². The molecule has 0 saturated heterocycles. The molecule has 0 amide bonds. The quantitative estimate of drug-likeness (QED) is 0.371. The van der Waals surface area contributed by atoms with Crippen molar-refractivity contribution < 1.29 is 9.22 Å². The highest BCUT2D eigenvalue weighted by Gasteiger charge is 2.60. The van der Waals surface area contributed by atoms with E-state index in [0.717, 1.165) is 36.0 Å². The van der Waals surface area contributed by atoms with Crippen LogP contribution in [0.3, 0.4) is 0 Å². The van der Waals surface area contributed by atoms with Crippen molar-refractivity contribution in [1.82, 2.24) is 0 Å². The molecule has 0 N–H and O–H groups in total. The van der Waals surface area contributed by atoms with Gasteiger partial charge in [-0.3, -0.25) is 4.79 Å². The molecule has 4 saturated carbocycles. The van der Waals surface area contributed by atoms with E-state index in [1.807, 2.05) is 0 Å². The minimum Gasteiger partial charge on any atom is -0.519 e. The molecule has 0 bridgehead atoms. The van der Waals surface area contributed by atoms with Crippen LogP contribution in [0.5, 0.6) is 0 Å². The number of hydrogen-bond acceptors (Lipinski definition) is 2. The first kappa shape index (κ1) is 25.8. The lowest BCUT2D eigenvalue weighted by Crippen LogP contribution is -2.53. The Morgan fingerprint density at radius 2 is 1.64 bits per heavy atom. The summed E-state index contributed by atoms with van der Waals surface area (Å²) in [4.78, 5) is 12.8. The molecule has 2 nitrogen and oxygen atoms in total. The smallest absolute Gasteiger partial charge is 0.292 e. The first-order chi connectivity index (χ1) is 15.3. The SMILES string of the molecule is C[C@H](CCC(=O)O[Si](C)(C)C(C)(C)C)[C@H]1CC[C@H]2[C@@H]3CC[C@@H]4CCCC[C@]4(C)[C@H]3CC[C@]12C. The summed E-state index contributed by atoms with van der Waals surface area (Å²) in [6.45, 7) is 18.8. The van der Waals surface area contributed by atoms with Crippen LogP contribution in [0.1, 0.15) is 119 Å². The van der Waals surface area contributed by atoms with Crippen molar-refractivity contribution in [3.63, 3.8) is 0 Å². The van der Waals surface area contributed by atoms with Gasteiger partial charge in [0.05, 0.1) is 0 Å². The van der Waals surface area contributed by atoms with Gasteiger partial charge in [0.25, 0.3) is 14.3 Å². The second kappa shape index (κ2) is 8.97. The van der Waals surface area contributed by atoms with E-state index in [1.54, 1.807) is 0 Å². The topological polar surface area (TPSA) is 26.3 Å². The monoisotopic (exact) mass is 474 g/mol. The molecule has 0 spiro atoms. The number of hydrogen-bond donors (Lipinski definition) is 0. The Balaban J connectivity index is 1.38. The van der Waals surface area contributed by atoms with Gasteiger partial charge in [0, 0.05) is 6.42 Å². The molecule has 0 radical (unpaired) electrons. The molecular formula is C30H54O2Si. The van der Waals surface area contributed by atoms with Gasteiger partial charge >= 0.3 is 0 Å². The van der Waals surface area contributed by atoms with Crippen molar-refractivity contribution in [2.75, 3.05) is 0 Å². The van der Waals surface area contributed by atoms with Crippen LogP contribution >= 0.6 is 0 Å². The van der Waals surface area contributed by atoms with E-state index in [4.69, 9.17) is 4.43 Å². The van der Waals surface area contributed by atoms with E-state index in [2.05, 4.69) is 54.6 Å². The van der Waals surface area contributed by atoms with Crippen LogP contribution in [-0.2, 0) is 9.22 Å².